The zero-order valence-corrected chi connectivity index (χ0v) is 13.8. The van der Waals surface area contributed by atoms with Gasteiger partial charge in [-0.15, -0.1) is 0 Å². The molecule has 0 saturated carbocycles. The molecular formula is C17H23N3O3. The summed E-state index contributed by atoms with van der Waals surface area (Å²) >= 11 is 0. The third-order valence-electron chi connectivity index (χ3n) is 3.40. The Hall–Kier alpha value is -2.34. The smallest absolute Gasteiger partial charge is 0.319 e. The molecule has 2 aromatic rings. The second kappa shape index (κ2) is 7.78. The topological polar surface area (TPSA) is 72.4 Å². The first-order valence-electron chi connectivity index (χ1n) is 7.74. The highest BCUT2D eigenvalue weighted by Gasteiger charge is 2.09. The van der Waals surface area contributed by atoms with E-state index in [9.17, 15) is 9.59 Å². The van der Waals surface area contributed by atoms with Gasteiger partial charge in [-0.25, -0.2) is 4.79 Å². The summed E-state index contributed by atoms with van der Waals surface area (Å²) in [6, 6.07) is 6.93. The van der Waals surface area contributed by atoms with Crippen molar-refractivity contribution in [3.05, 3.63) is 40.8 Å². The molecule has 23 heavy (non-hydrogen) atoms. The number of aryl methyl sites for hydroxylation is 1. The molecule has 0 atom stereocenters. The number of nitrogens with zero attached hydrogens (tertiary/aromatic N) is 1. The lowest BCUT2D eigenvalue weighted by atomic mass is 10.1. The number of carbonyl (C=O) groups excluding carboxylic acids is 1. The predicted octanol–water partition coefficient (Wildman–Crippen LogP) is 2.48. The summed E-state index contributed by atoms with van der Waals surface area (Å²) in [5.74, 6) is 0. The summed E-state index contributed by atoms with van der Waals surface area (Å²) in [4.78, 5) is 24.1. The Labute approximate surface area is 135 Å². The molecule has 6 nitrogen and oxygen atoms in total. The third-order valence-corrected chi connectivity index (χ3v) is 3.40. The van der Waals surface area contributed by atoms with Gasteiger partial charge >= 0.3 is 6.03 Å². The summed E-state index contributed by atoms with van der Waals surface area (Å²) in [6.07, 6.45) is 2.58. The lowest BCUT2D eigenvalue weighted by molar-refractivity contribution is 0.0775. The van der Waals surface area contributed by atoms with Crippen molar-refractivity contribution in [2.24, 2.45) is 7.05 Å². The Kier molecular flexibility index (Phi) is 5.76. The number of hydrogen-bond acceptors (Lipinski definition) is 3. The Morgan fingerprint density at radius 3 is 2.65 bits per heavy atom. The van der Waals surface area contributed by atoms with Crippen molar-refractivity contribution in [2.75, 3.05) is 18.5 Å². The first-order valence-corrected chi connectivity index (χ1v) is 7.74. The standard InChI is InChI=1S/C17H23N3O3/c1-12(2)23-10-6-9-18-17(22)19-15-11-20(3)16(21)14-8-5-4-7-13(14)15/h4-5,7-8,11-12H,6,9-10H2,1-3H3,(H2,18,19,22). The van der Waals surface area contributed by atoms with Gasteiger partial charge in [0.25, 0.3) is 5.56 Å². The average molecular weight is 317 g/mol. The lowest BCUT2D eigenvalue weighted by Gasteiger charge is -2.12. The number of nitrogens with one attached hydrogen (secondary N) is 2. The quantitative estimate of drug-likeness (QED) is 0.804. The van der Waals surface area contributed by atoms with Gasteiger partial charge in [0.15, 0.2) is 0 Å². The normalized spacial score (nSPS) is 11.0. The van der Waals surface area contributed by atoms with Gasteiger partial charge in [-0.2, -0.15) is 0 Å². The van der Waals surface area contributed by atoms with Gasteiger partial charge in [-0.1, -0.05) is 18.2 Å². The van der Waals surface area contributed by atoms with Crippen LogP contribution in [-0.2, 0) is 11.8 Å². The van der Waals surface area contributed by atoms with Crippen LogP contribution in [0.3, 0.4) is 0 Å². The molecule has 0 aliphatic carbocycles. The summed E-state index contributed by atoms with van der Waals surface area (Å²) in [5.41, 5.74) is 0.524. The van der Waals surface area contributed by atoms with Gasteiger partial charge in [-0.05, 0) is 26.3 Å². The lowest BCUT2D eigenvalue weighted by Crippen LogP contribution is -2.31. The molecule has 6 heteroatoms. The number of hydrogen-bond donors (Lipinski definition) is 2. The zero-order chi connectivity index (χ0) is 16.8. The molecule has 0 fully saturated rings. The van der Waals surface area contributed by atoms with Gasteiger partial charge in [-0.3, -0.25) is 4.79 Å². The highest BCUT2D eigenvalue weighted by Crippen LogP contribution is 2.19. The largest absolute Gasteiger partial charge is 0.379 e. The Morgan fingerprint density at radius 2 is 1.96 bits per heavy atom. The number of ether oxygens (including phenoxy) is 1. The average Bonchev–Trinajstić information content (AvgIpc) is 2.52. The zero-order valence-electron chi connectivity index (χ0n) is 13.8. The monoisotopic (exact) mass is 317 g/mol. The molecule has 0 aliphatic heterocycles. The summed E-state index contributed by atoms with van der Waals surface area (Å²) in [7, 11) is 1.67. The first-order chi connectivity index (χ1) is 11.0. The van der Waals surface area contributed by atoms with Crippen LogP contribution in [0.15, 0.2) is 35.3 Å². The molecule has 1 aromatic heterocycles. The number of carbonyl (C=O) groups is 1. The second-order valence-corrected chi connectivity index (χ2v) is 5.66. The Balaban J connectivity index is 2.00. The molecule has 2 amide bonds. The molecule has 1 aromatic carbocycles. The number of fused-ring (bicyclic) bond motifs is 1. The van der Waals surface area contributed by atoms with Crippen LogP contribution in [-0.4, -0.2) is 29.9 Å². The molecule has 0 saturated heterocycles. The third kappa shape index (κ3) is 4.56. The van der Waals surface area contributed by atoms with Crippen molar-refractivity contribution >= 4 is 22.5 Å². The maximum Gasteiger partial charge on any atom is 0.319 e. The van der Waals surface area contributed by atoms with Crippen LogP contribution < -0.4 is 16.2 Å². The molecule has 0 unspecified atom stereocenters. The molecule has 0 spiro atoms. The number of anilines is 1. The van der Waals surface area contributed by atoms with Crippen molar-refractivity contribution in [1.29, 1.82) is 0 Å². The molecule has 124 valence electrons. The van der Waals surface area contributed by atoms with Crippen LogP contribution in [0.5, 0.6) is 0 Å². The van der Waals surface area contributed by atoms with Crippen LogP contribution in [0.25, 0.3) is 10.8 Å². The molecule has 0 bridgehead atoms. The van der Waals surface area contributed by atoms with Crippen LogP contribution >= 0.6 is 0 Å². The van der Waals surface area contributed by atoms with Crippen LogP contribution in [0.1, 0.15) is 20.3 Å². The highest BCUT2D eigenvalue weighted by molar-refractivity contribution is 6.00. The first kappa shape index (κ1) is 17.0. The molecule has 2 N–H and O–H groups in total. The second-order valence-electron chi connectivity index (χ2n) is 5.66. The van der Waals surface area contributed by atoms with Crippen molar-refractivity contribution in [3.63, 3.8) is 0 Å². The predicted molar refractivity (Wildman–Crippen MR) is 91.9 cm³/mol. The van der Waals surface area contributed by atoms with Crippen molar-refractivity contribution in [3.8, 4) is 0 Å². The van der Waals surface area contributed by atoms with Gasteiger partial charge < -0.3 is 19.9 Å². The van der Waals surface area contributed by atoms with E-state index >= 15 is 0 Å². The van der Waals surface area contributed by atoms with Crippen LogP contribution in [0.4, 0.5) is 10.5 Å². The maximum absolute atomic E-state index is 12.1. The van der Waals surface area contributed by atoms with E-state index in [-0.39, 0.29) is 17.7 Å². The Bertz CT molecular complexity index is 737. The summed E-state index contributed by atoms with van der Waals surface area (Å²) in [6.45, 7) is 5.10. The number of amides is 2. The van der Waals surface area contributed by atoms with Gasteiger partial charge in [0, 0.05) is 37.2 Å². The molecular weight excluding hydrogens is 294 g/mol. The fourth-order valence-electron chi connectivity index (χ4n) is 2.28. The van der Waals surface area contributed by atoms with E-state index in [0.717, 1.165) is 11.8 Å². The van der Waals surface area contributed by atoms with E-state index in [1.807, 2.05) is 32.0 Å². The van der Waals surface area contributed by atoms with Crippen LogP contribution in [0.2, 0.25) is 0 Å². The van der Waals surface area contributed by atoms with E-state index < -0.39 is 0 Å². The minimum atomic E-state index is -0.293. The number of aromatic nitrogens is 1. The minimum Gasteiger partial charge on any atom is -0.379 e. The molecule has 0 radical (unpaired) electrons. The van der Waals surface area contributed by atoms with E-state index in [0.29, 0.717) is 24.2 Å². The summed E-state index contributed by atoms with van der Waals surface area (Å²) < 4.78 is 6.89. The molecule has 2 rings (SSSR count). The molecule has 0 aliphatic rings. The summed E-state index contributed by atoms with van der Waals surface area (Å²) in [5, 5.41) is 6.90. The molecule has 1 heterocycles. The highest BCUT2D eigenvalue weighted by atomic mass is 16.5. The van der Waals surface area contributed by atoms with E-state index in [1.54, 1.807) is 19.3 Å². The minimum absolute atomic E-state index is 0.0857. The van der Waals surface area contributed by atoms with Crippen molar-refractivity contribution in [1.82, 2.24) is 9.88 Å². The fourth-order valence-corrected chi connectivity index (χ4v) is 2.28. The Morgan fingerprint density at radius 1 is 1.26 bits per heavy atom. The number of pyridine rings is 1. The van der Waals surface area contributed by atoms with Gasteiger partial charge in [0.1, 0.15) is 0 Å². The van der Waals surface area contributed by atoms with Gasteiger partial charge in [0.05, 0.1) is 11.8 Å². The SMILES string of the molecule is CC(C)OCCCNC(=O)Nc1cn(C)c(=O)c2ccccc12. The van der Waals surface area contributed by atoms with Crippen LogP contribution in [0, 0.1) is 0 Å². The fraction of sp³-hybridized carbons (Fsp3) is 0.412. The van der Waals surface area contributed by atoms with E-state index in [4.69, 9.17) is 4.74 Å². The van der Waals surface area contributed by atoms with E-state index in [1.165, 1.54) is 4.57 Å². The number of rotatable bonds is 6. The van der Waals surface area contributed by atoms with Crippen molar-refractivity contribution in [2.45, 2.75) is 26.4 Å². The number of urea groups is 1. The maximum atomic E-state index is 12.1. The van der Waals surface area contributed by atoms with E-state index in [2.05, 4.69) is 10.6 Å². The number of benzene rings is 1. The van der Waals surface area contributed by atoms with Crippen molar-refractivity contribution < 1.29 is 9.53 Å². The van der Waals surface area contributed by atoms with Gasteiger partial charge in [0.2, 0.25) is 0 Å².